The number of aliphatic hydroxyl groups is 1. The van der Waals surface area contributed by atoms with Crippen molar-refractivity contribution in [1.82, 2.24) is 5.32 Å². The molecular formula is C13H29NO2S. The zero-order valence-corrected chi connectivity index (χ0v) is 12.4. The Morgan fingerprint density at radius 2 is 1.94 bits per heavy atom. The van der Waals surface area contributed by atoms with Gasteiger partial charge in [0.1, 0.15) is 0 Å². The van der Waals surface area contributed by atoms with Crippen LogP contribution in [0.1, 0.15) is 39.5 Å². The zero-order valence-electron chi connectivity index (χ0n) is 11.6. The van der Waals surface area contributed by atoms with Gasteiger partial charge in [-0.3, -0.25) is 0 Å². The van der Waals surface area contributed by atoms with Crippen LogP contribution in [-0.4, -0.2) is 49.0 Å². The van der Waals surface area contributed by atoms with Gasteiger partial charge in [0.15, 0.2) is 0 Å². The smallest absolute Gasteiger partial charge is 0.0610 e. The van der Waals surface area contributed by atoms with Crippen molar-refractivity contribution in [3.05, 3.63) is 0 Å². The van der Waals surface area contributed by atoms with Crippen molar-refractivity contribution in [2.24, 2.45) is 0 Å². The molecule has 0 aromatic rings. The maximum Gasteiger partial charge on any atom is 0.0610 e. The van der Waals surface area contributed by atoms with Gasteiger partial charge in [0.2, 0.25) is 0 Å². The summed E-state index contributed by atoms with van der Waals surface area (Å²) in [5.74, 6) is 2.41. The molecule has 3 nitrogen and oxygen atoms in total. The molecule has 0 bridgehead atoms. The lowest BCUT2D eigenvalue weighted by Crippen LogP contribution is -2.45. The summed E-state index contributed by atoms with van der Waals surface area (Å²) in [6.45, 7) is 6.20. The molecule has 0 spiro atoms. The van der Waals surface area contributed by atoms with Gasteiger partial charge in [0.25, 0.3) is 0 Å². The van der Waals surface area contributed by atoms with Crippen LogP contribution in [0, 0.1) is 0 Å². The molecule has 0 fully saturated rings. The second-order valence-corrected chi connectivity index (χ2v) is 5.89. The minimum Gasteiger partial charge on any atom is -0.394 e. The van der Waals surface area contributed by atoms with E-state index < -0.39 is 0 Å². The lowest BCUT2D eigenvalue weighted by atomic mass is 9.96. The third-order valence-corrected chi connectivity index (χ3v) is 4.01. The Labute approximate surface area is 111 Å². The van der Waals surface area contributed by atoms with E-state index in [4.69, 9.17) is 4.74 Å². The Balaban J connectivity index is 3.37. The van der Waals surface area contributed by atoms with Crippen LogP contribution in [0.3, 0.4) is 0 Å². The van der Waals surface area contributed by atoms with Gasteiger partial charge < -0.3 is 15.2 Å². The molecule has 0 aromatic heterocycles. The summed E-state index contributed by atoms with van der Waals surface area (Å²) < 4.78 is 5.01. The predicted octanol–water partition coefficient (Wildman–Crippen LogP) is 2.29. The van der Waals surface area contributed by atoms with Crippen LogP contribution in [0.15, 0.2) is 0 Å². The van der Waals surface area contributed by atoms with E-state index in [1.54, 1.807) is 7.11 Å². The molecular weight excluding hydrogens is 234 g/mol. The van der Waals surface area contributed by atoms with Crippen molar-refractivity contribution < 1.29 is 9.84 Å². The van der Waals surface area contributed by atoms with Crippen LogP contribution >= 0.6 is 11.8 Å². The Hall–Kier alpha value is 0.230. The molecule has 0 saturated heterocycles. The fourth-order valence-corrected chi connectivity index (χ4v) is 2.71. The van der Waals surface area contributed by atoms with Crippen molar-refractivity contribution in [3.63, 3.8) is 0 Å². The number of hydrogen-bond acceptors (Lipinski definition) is 4. The molecule has 104 valence electrons. The van der Waals surface area contributed by atoms with Gasteiger partial charge in [-0.25, -0.2) is 0 Å². The van der Waals surface area contributed by atoms with E-state index in [0.717, 1.165) is 26.0 Å². The number of methoxy groups -OCH3 is 1. The number of unbranched alkanes of at least 4 members (excludes halogenated alkanes) is 1. The van der Waals surface area contributed by atoms with E-state index in [1.165, 1.54) is 24.3 Å². The van der Waals surface area contributed by atoms with Gasteiger partial charge in [-0.2, -0.15) is 11.8 Å². The third kappa shape index (κ3) is 9.89. The van der Waals surface area contributed by atoms with E-state index >= 15 is 0 Å². The predicted molar refractivity (Wildman–Crippen MR) is 76.8 cm³/mol. The van der Waals surface area contributed by atoms with Crippen molar-refractivity contribution >= 4 is 11.8 Å². The first-order valence-corrected chi connectivity index (χ1v) is 7.76. The Morgan fingerprint density at radius 1 is 1.24 bits per heavy atom. The standard InChI is InChI=1S/C13H29NO2S/c1-4-14-13(2,12-15)8-5-6-10-17-11-7-9-16-3/h14-15H,4-12H2,1-3H3. The van der Waals surface area contributed by atoms with Gasteiger partial charge in [-0.15, -0.1) is 0 Å². The molecule has 0 amide bonds. The molecule has 0 saturated carbocycles. The summed E-state index contributed by atoms with van der Waals surface area (Å²) in [5.41, 5.74) is -0.0878. The molecule has 0 aliphatic carbocycles. The molecule has 0 aliphatic rings. The molecule has 2 N–H and O–H groups in total. The molecule has 1 atom stereocenters. The normalized spacial score (nSPS) is 14.8. The number of rotatable bonds is 12. The Bertz CT molecular complexity index is 169. The summed E-state index contributed by atoms with van der Waals surface area (Å²) in [6, 6.07) is 0. The summed E-state index contributed by atoms with van der Waals surface area (Å²) in [5, 5.41) is 12.7. The van der Waals surface area contributed by atoms with Crippen molar-refractivity contribution in [2.45, 2.75) is 45.1 Å². The lowest BCUT2D eigenvalue weighted by Gasteiger charge is -2.28. The van der Waals surface area contributed by atoms with Gasteiger partial charge in [0.05, 0.1) is 6.61 Å². The minimum absolute atomic E-state index is 0.0878. The fraction of sp³-hybridized carbons (Fsp3) is 1.00. The number of thioether (sulfide) groups is 1. The highest BCUT2D eigenvalue weighted by atomic mass is 32.2. The number of likely N-dealkylation sites (N-methyl/N-ethyl adjacent to an activating group) is 1. The van der Waals surface area contributed by atoms with E-state index in [2.05, 4.69) is 19.2 Å². The van der Waals surface area contributed by atoms with E-state index in [0.29, 0.717) is 0 Å². The van der Waals surface area contributed by atoms with Crippen molar-refractivity contribution in [1.29, 1.82) is 0 Å². The van der Waals surface area contributed by atoms with E-state index in [-0.39, 0.29) is 12.1 Å². The molecule has 17 heavy (non-hydrogen) atoms. The van der Waals surface area contributed by atoms with Gasteiger partial charge in [0, 0.05) is 19.3 Å². The van der Waals surface area contributed by atoms with Gasteiger partial charge in [-0.1, -0.05) is 13.3 Å². The number of nitrogens with one attached hydrogen (secondary N) is 1. The first-order valence-electron chi connectivity index (χ1n) is 6.61. The molecule has 0 radical (unpaired) electrons. The summed E-state index contributed by atoms with van der Waals surface area (Å²) in [6.07, 6.45) is 4.61. The highest BCUT2D eigenvalue weighted by Gasteiger charge is 2.20. The second kappa shape index (κ2) is 11.3. The molecule has 0 rings (SSSR count). The first-order chi connectivity index (χ1) is 8.18. The topological polar surface area (TPSA) is 41.5 Å². The number of ether oxygens (including phenoxy) is 1. The van der Waals surface area contributed by atoms with Crippen LogP contribution in [-0.2, 0) is 4.74 Å². The lowest BCUT2D eigenvalue weighted by molar-refractivity contribution is 0.165. The molecule has 1 unspecified atom stereocenters. The summed E-state index contributed by atoms with van der Waals surface area (Å²) in [7, 11) is 1.75. The minimum atomic E-state index is -0.0878. The van der Waals surface area contributed by atoms with Gasteiger partial charge in [-0.05, 0) is 44.2 Å². The van der Waals surface area contributed by atoms with Crippen LogP contribution in [0.5, 0.6) is 0 Å². The summed E-state index contributed by atoms with van der Waals surface area (Å²) >= 11 is 2.00. The number of hydrogen-bond donors (Lipinski definition) is 2. The maximum absolute atomic E-state index is 9.33. The van der Waals surface area contributed by atoms with Crippen molar-refractivity contribution in [2.75, 3.05) is 38.4 Å². The Morgan fingerprint density at radius 3 is 2.53 bits per heavy atom. The van der Waals surface area contributed by atoms with Crippen LogP contribution in [0.4, 0.5) is 0 Å². The highest BCUT2D eigenvalue weighted by molar-refractivity contribution is 7.99. The molecule has 0 aliphatic heterocycles. The average Bonchev–Trinajstić information content (AvgIpc) is 2.33. The van der Waals surface area contributed by atoms with E-state index in [9.17, 15) is 5.11 Å². The highest BCUT2D eigenvalue weighted by Crippen LogP contribution is 2.15. The summed E-state index contributed by atoms with van der Waals surface area (Å²) in [4.78, 5) is 0. The SMILES string of the molecule is CCNC(C)(CO)CCCCSCCCOC. The quantitative estimate of drug-likeness (QED) is 0.530. The molecule has 0 aromatic carbocycles. The Kier molecular flexibility index (Phi) is 11.5. The van der Waals surface area contributed by atoms with E-state index in [1.807, 2.05) is 11.8 Å². The average molecular weight is 263 g/mol. The molecule has 0 heterocycles. The second-order valence-electron chi connectivity index (χ2n) is 4.66. The zero-order chi connectivity index (χ0) is 13.0. The monoisotopic (exact) mass is 263 g/mol. The van der Waals surface area contributed by atoms with Crippen molar-refractivity contribution in [3.8, 4) is 0 Å². The van der Waals surface area contributed by atoms with Gasteiger partial charge >= 0.3 is 0 Å². The largest absolute Gasteiger partial charge is 0.394 e. The van der Waals surface area contributed by atoms with Crippen LogP contribution < -0.4 is 5.32 Å². The molecule has 4 heteroatoms. The first kappa shape index (κ1) is 17.2. The third-order valence-electron chi connectivity index (χ3n) is 2.86. The number of aliphatic hydroxyl groups excluding tert-OH is 1. The fourth-order valence-electron chi connectivity index (χ4n) is 1.78. The van der Waals surface area contributed by atoms with Crippen LogP contribution in [0.25, 0.3) is 0 Å². The maximum atomic E-state index is 9.33. The van der Waals surface area contributed by atoms with Crippen LogP contribution in [0.2, 0.25) is 0 Å².